The Hall–Kier alpha value is -2.19. The van der Waals surface area contributed by atoms with Gasteiger partial charge in [0.15, 0.2) is 0 Å². The lowest BCUT2D eigenvalue weighted by Gasteiger charge is -2.06. The lowest BCUT2D eigenvalue weighted by atomic mass is 10.2. The molecule has 2 aromatic rings. The number of carbonyl (C=O) groups is 1. The van der Waals surface area contributed by atoms with Gasteiger partial charge in [0.1, 0.15) is 5.75 Å². The molecule has 2 N–H and O–H groups in total. The second kappa shape index (κ2) is 7.38. The first-order chi connectivity index (χ1) is 10.9. The number of halogens is 2. The van der Waals surface area contributed by atoms with Crippen LogP contribution in [0.4, 0.5) is 11.4 Å². The lowest BCUT2D eigenvalue weighted by molar-refractivity contribution is -0.384. The Kier molecular flexibility index (Phi) is 5.51. The van der Waals surface area contributed by atoms with Crippen molar-refractivity contribution in [3.8, 4) is 5.75 Å². The molecule has 0 aliphatic carbocycles. The fourth-order valence-electron chi connectivity index (χ4n) is 1.74. The summed E-state index contributed by atoms with van der Waals surface area (Å²) in [6, 6.07) is 9.06. The minimum absolute atomic E-state index is 0.0372. The molecule has 8 heteroatoms. The number of hydrogen-bond donors (Lipinski definition) is 2. The molecule has 0 saturated carbocycles. The van der Waals surface area contributed by atoms with E-state index < -0.39 is 10.8 Å². The highest BCUT2D eigenvalue weighted by Crippen LogP contribution is 2.35. The van der Waals surface area contributed by atoms with Gasteiger partial charge in [0.05, 0.1) is 13.9 Å². The van der Waals surface area contributed by atoms with E-state index in [-0.39, 0.29) is 11.4 Å². The molecule has 0 saturated heterocycles. The minimum atomic E-state index is -0.497. The van der Waals surface area contributed by atoms with Crippen molar-refractivity contribution in [1.82, 2.24) is 0 Å². The number of benzene rings is 2. The van der Waals surface area contributed by atoms with Crippen LogP contribution >= 0.6 is 31.9 Å². The second-order valence-electron chi connectivity index (χ2n) is 4.46. The quantitative estimate of drug-likeness (QED) is 0.316. The van der Waals surface area contributed by atoms with Crippen LogP contribution in [-0.2, 0) is 4.79 Å². The number of nitro groups is 1. The highest BCUT2D eigenvalue weighted by Gasteiger charge is 2.08. The number of carbonyl (C=O) groups excluding carboxylic acids is 1. The zero-order valence-corrected chi connectivity index (χ0v) is 14.7. The molecule has 0 radical (unpaired) electrons. The summed E-state index contributed by atoms with van der Waals surface area (Å²) in [7, 11) is 0. The molecule has 2 aromatic carbocycles. The predicted octanol–water partition coefficient (Wildman–Crippen LogP) is 4.48. The van der Waals surface area contributed by atoms with Gasteiger partial charge in [0.2, 0.25) is 5.91 Å². The van der Waals surface area contributed by atoms with Gasteiger partial charge < -0.3 is 10.4 Å². The van der Waals surface area contributed by atoms with Gasteiger partial charge in [0.25, 0.3) is 5.69 Å². The Labute approximate surface area is 148 Å². The number of aromatic hydroxyl groups is 1. The number of nitrogens with zero attached hydrogens (tertiary/aromatic N) is 1. The van der Waals surface area contributed by atoms with Gasteiger partial charge in [-0.3, -0.25) is 14.9 Å². The molecule has 0 unspecified atom stereocenters. The van der Waals surface area contributed by atoms with Crippen LogP contribution in [0.15, 0.2) is 51.4 Å². The van der Waals surface area contributed by atoms with Crippen molar-refractivity contribution in [2.24, 2.45) is 0 Å². The number of anilines is 1. The van der Waals surface area contributed by atoms with Crippen LogP contribution in [0.5, 0.6) is 5.75 Å². The van der Waals surface area contributed by atoms with E-state index in [0.717, 1.165) is 0 Å². The van der Waals surface area contributed by atoms with E-state index in [1.165, 1.54) is 24.3 Å². The van der Waals surface area contributed by atoms with Crippen LogP contribution in [0.2, 0.25) is 0 Å². The maximum atomic E-state index is 11.9. The molecule has 0 spiro atoms. The fourth-order valence-corrected chi connectivity index (χ4v) is 2.92. The second-order valence-corrected chi connectivity index (χ2v) is 6.17. The first-order valence-electron chi connectivity index (χ1n) is 6.28. The molecule has 6 nitrogen and oxygen atoms in total. The van der Waals surface area contributed by atoms with E-state index in [1.54, 1.807) is 24.3 Å². The van der Waals surface area contributed by atoms with Gasteiger partial charge in [-0.1, -0.05) is 12.1 Å². The van der Waals surface area contributed by atoms with Gasteiger partial charge in [-0.2, -0.15) is 0 Å². The number of nitro benzene ring substituents is 1. The topological polar surface area (TPSA) is 92.5 Å². The van der Waals surface area contributed by atoms with Gasteiger partial charge in [-0.25, -0.2) is 0 Å². The molecule has 0 bridgehead atoms. The Bertz CT molecular complexity index is 783. The summed E-state index contributed by atoms with van der Waals surface area (Å²) in [4.78, 5) is 22.1. The van der Waals surface area contributed by atoms with Crippen LogP contribution in [-0.4, -0.2) is 15.9 Å². The zero-order valence-electron chi connectivity index (χ0n) is 11.5. The summed E-state index contributed by atoms with van der Waals surface area (Å²) in [6.45, 7) is 0. The molecule has 0 heterocycles. The maximum absolute atomic E-state index is 11.9. The zero-order chi connectivity index (χ0) is 17.0. The number of phenols is 1. The maximum Gasteiger partial charge on any atom is 0.270 e. The summed E-state index contributed by atoms with van der Waals surface area (Å²) in [5.41, 5.74) is 0.983. The molecule has 1 amide bonds. The summed E-state index contributed by atoms with van der Waals surface area (Å²) in [6.07, 6.45) is 2.75. The summed E-state index contributed by atoms with van der Waals surface area (Å²) in [5.74, 6) is -0.365. The predicted molar refractivity (Wildman–Crippen MR) is 94.3 cm³/mol. The molecule has 0 atom stereocenters. The van der Waals surface area contributed by atoms with Crippen LogP contribution in [0.25, 0.3) is 6.08 Å². The molecule has 118 valence electrons. The van der Waals surface area contributed by atoms with Crippen LogP contribution < -0.4 is 5.32 Å². The first-order valence-corrected chi connectivity index (χ1v) is 7.87. The summed E-state index contributed by atoms with van der Waals surface area (Å²) < 4.78 is 0.870. The van der Waals surface area contributed by atoms with E-state index in [9.17, 15) is 20.0 Å². The van der Waals surface area contributed by atoms with E-state index in [0.29, 0.717) is 20.2 Å². The summed E-state index contributed by atoms with van der Waals surface area (Å²) in [5, 5.41) is 22.9. The third kappa shape index (κ3) is 4.64. The van der Waals surface area contributed by atoms with Crippen LogP contribution in [0.1, 0.15) is 5.56 Å². The Morgan fingerprint density at radius 2 is 1.87 bits per heavy atom. The molecular formula is C15H10Br2N2O4. The molecule has 0 aliphatic rings. The largest absolute Gasteiger partial charge is 0.506 e. The molecule has 0 aromatic heterocycles. The monoisotopic (exact) mass is 440 g/mol. The van der Waals surface area contributed by atoms with Crippen LogP contribution in [0, 0.1) is 10.1 Å². The standard InChI is InChI=1S/C15H10Br2N2O4/c16-12-7-10(8-13(17)15(12)21)18-14(20)5-4-9-2-1-3-11(6-9)19(22)23/h1-8,21H,(H,18,20). The number of hydrogen-bond acceptors (Lipinski definition) is 4. The number of nitrogens with one attached hydrogen (secondary N) is 1. The van der Waals surface area contributed by atoms with Gasteiger partial charge in [-0.05, 0) is 55.6 Å². The highest BCUT2D eigenvalue weighted by molar-refractivity contribution is 9.11. The number of non-ortho nitro benzene ring substituents is 1. The Morgan fingerprint density at radius 1 is 1.22 bits per heavy atom. The molecular weight excluding hydrogens is 432 g/mol. The normalized spacial score (nSPS) is 10.7. The average Bonchev–Trinajstić information content (AvgIpc) is 2.51. The van der Waals surface area contributed by atoms with E-state index >= 15 is 0 Å². The van der Waals surface area contributed by atoms with Crippen molar-refractivity contribution in [3.05, 3.63) is 67.1 Å². The van der Waals surface area contributed by atoms with Crippen molar-refractivity contribution in [2.75, 3.05) is 5.32 Å². The fraction of sp³-hybridized carbons (Fsp3) is 0. The molecule has 2 rings (SSSR count). The average molecular weight is 442 g/mol. The third-order valence-corrected chi connectivity index (χ3v) is 4.00. The minimum Gasteiger partial charge on any atom is -0.506 e. The van der Waals surface area contributed by atoms with Crippen molar-refractivity contribution in [2.45, 2.75) is 0 Å². The smallest absolute Gasteiger partial charge is 0.270 e. The van der Waals surface area contributed by atoms with E-state index in [2.05, 4.69) is 37.2 Å². The Morgan fingerprint density at radius 3 is 2.48 bits per heavy atom. The van der Waals surface area contributed by atoms with E-state index in [1.807, 2.05) is 0 Å². The number of rotatable bonds is 4. The van der Waals surface area contributed by atoms with Crippen molar-refractivity contribution < 1.29 is 14.8 Å². The Balaban J connectivity index is 2.10. The molecule has 0 aliphatic heterocycles. The molecule has 23 heavy (non-hydrogen) atoms. The van der Waals surface area contributed by atoms with Gasteiger partial charge in [-0.15, -0.1) is 0 Å². The van der Waals surface area contributed by atoms with Gasteiger partial charge >= 0.3 is 0 Å². The van der Waals surface area contributed by atoms with Gasteiger partial charge in [0, 0.05) is 23.9 Å². The SMILES string of the molecule is O=C(C=Cc1cccc([N+](=O)[O-])c1)Nc1cc(Br)c(O)c(Br)c1. The lowest BCUT2D eigenvalue weighted by Crippen LogP contribution is -2.07. The molecule has 0 fully saturated rings. The van der Waals surface area contributed by atoms with E-state index in [4.69, 9.17) is 0 Å². The summed E-state index contributed by atoms with van der Waals surface area (Å²) >= 11 is 6.34. The first kappa shape index (κ1) is 17.2. The van der Waals surface area contributed by atoms with Crippen molar-refractivity contribution in [1.29, 1.82) is 0 Å². The third-order valence-electron chi connectivity index (χ3n) is 2.79. The van der Waals surface area contributed by atoms with Crippen LogP contribution in [0.3, 0.4) is 0 Å². The number of phenolic OH excluding ortho intramolecular Hbond substituents is 1. The highest BCUT2D eigenvalue weighted by atomic mass is 79.9. The van der Waals surface area contributed by atoms with Crippen molar-refractivity contribution in [3.63, 3.8) is 0 Å². The van der Waals surface area contributed by atoms with Crippen molar-refractivity contribution >= 4 is 55.2 Å². The number of amides is 1.